The van der Waals surface area contributed by atoms with Crippen LogP contribution >= 0.6 is 0 Å². The zero-order chi connectivity index (χ0) is 24.3. The summed E-state index contributed by atoms with van der Waals surface area (Å²) in [5.74, 6) is 0.0975. The third kappa shape index (κ3) is 3.92. The SMILES string of the molecule is CC(=O)N1c2ccc(Cc3ccc4c(c3)C(C)=CC(C)(C)N4C(C)=O)cc2C(C)=CC1(C)C. The highest BCUT2D eigenvalue weighted by Crippen LogP contribution is 2.41. The van der Waals surface area contributed by atoms with Crippen molar-refractivity contribution in [1.29, 1.82) is 0 Å². The Hall–Kier alpha value is -3.14. The van der Waals surface area contributed by atoms with Gasteiger partial charge in [-0.1, -0.05) is 24.3 Å². The van der Waals surface area contributed by atoms with Crippen molar-refractivity contribution in [1.82, 2.24) is 0 Å². The number of allylic oxidation sites excluding steroid dienone is 2. The van der Waals surface area contributed by atoms with Crippen LogP contribution in [0, 0.1) is 0 Å². The maximum absolute atomic E-state index is 12.4. The van der Waals surface area contributed by atoms with Gasteiger partial charge in [0.15, 0.2) is 0 Å². The molecule has 2 heterocycles. The minimum absolute atomic E-state index is 0.0487. The Balaban J connectivity index is 1.71. The molecule has 0 saturated heterocycles. The molecule has 0 radical (unpaired) electrons. The molecule has 0 fully saturated rings. The number of hydrogen-bond acceptors (Lipinski definition) is 2. The van der Waals surface area contributed by atoms with Crippen LogP contribution in [-0.2, 0) is 16.0 Å². The molecule has 172 valence electrons. The highest BCUT2D eigenvalue weighted by Gasteiger charge is 2.35. The van der Waals surface area contributed by atoms with Gasteiger partial charge in [0.05, 0.1) is 22.5 Å². The van der Waals surface area contributed by atoms with Crippen molar-refractivity contribution < 1.29 is 9.59 Å². The highest BCUT2D eigenvalue weighted by molar-refractivity contribution is 6.00. The summed E-state index contributed by atoms with van der Waals surface area (Å²) in [4.78, 5) is 28.6. The minimum Gasteiger partial charge on any atom is -0.303 e. The number of benzene rings is 2. The number of amides is 2. The lowest BCUT2D eigenvalue weighted by Gasteiger charge is -2.41. The molecule has 0 N–H and O–H groups in total. The summed E-state index contributed by atoms with van der Waals surface area (Å²) >= 11 is 0. The van der Waals surface area contributed by atoms with E-state index in [1.54, 1.807) is 13.8 Å². The zero-order valence-electron chi connectivity index (χ0n) is 21.0. The first-order chi connectivity index (χ1) is 15.3. The molecule has 0 bridgehead atoms. The van der Waals surface area contributed by atoms with Crippen molar-refractivity contribution in [2.45, 2.75) is 72.9 Å². The van der Waals surface area contributed by atoms with Gasteiger partial charge in [-0.25, -0.2) is 0 Å². The number of anilines is 2. The molecule has 2 aromatic carbocycles. The Kier molecular flexibility index (Phi) is 5.39. The molecule has 0 aromatic heterocycles. The van der Waals surface area contributed by atoms with Crippen LogP contribution in [0.4, 0.5) is 11.4 Å². The first-order valence-electron chi connectivity index (χ1n) is 11.6. The van der Waals surface area contributed by atoms with Crippen LogP contribution < -0.4 is 9.80 Å². The maximum Gasteiger partial charge on any atom is 0.224 e. The number of carbonyl (C=O) groups excluding carboxylic acids is 2. The Labute approximate surface area is 197 Å². The van der Waals surface area contributed by atoms with Gasteiger partial charge in [0.25, 0.3) is 0 Å². The quantitative estimate of drug-likeness (QED) is 0.542. The average Bonchev–Trinajstić information content (AvgIpc) is 2.67. The summed E-state index contributed by atoms with van der Waals surface area (Å²) in [6.07, 6.45) is 5.13. The maximum atomic E-state index is 12.4. The van der Waals surface area contributed by atoms with Crippen LogP contribution in [-0.4, -0.2) is 22.9 Å². The third-order valence-corrected chi connectivity index (χ3v) is 6.78. The topological polar surface area (TPSA) is 40.6 Å². The molecule has 2 aromatic rings. The predicted octanol–water partition coefficient (Wildman–Crippen LogP) is 6.37. The van der Waals surface area contributed by atoms with E-state index in [2.05, 4.69) is 90.1 Å². The molecule has 2 aliphatic heterocycles. The molecule has 0 unspecified atom stereocenters. The molecule has 4 heteroatoms. The van der Waals surface area contributed by atoms with Crippen molar-refractivity contribution in [2.75, 3.05) is 9.80 Å². The number of hydrogen-bond donors (Lipinski definition) is 0. The van der Waals surface area contributed by atoms with E-state index in [4.69, 9.17) is 0 Å². The largest absolute Gasteiger partial charge is 0.303 e. The van der Waals surface area contributed by atoms with E-state index < -0.39 is 0 Å². The van der Waals surface area contributed by atoms with Crippen LogP contribution in [0.3, 0.4) is 0 Å². The smallest absolute Gasteiger partial charge is 0.224 e. The van der Waals surface area contributed by atoms with E-state index in [1.807, 2.05) is 9.80 Å². The lowest BCUT2D eigenvalue weighted by atomic mass is 9.86. The van der Waals surface area contributed by atoms with Crippen LogP contribution in [0.5, 0.6) is 0 Å². The van der Waals surface area contributed by atoms with Crippen LogP contribution in [0.25, 0.3) is 11.1 Å². The standard InChI is InChI=1S/C29H34N2O2/c1-18-16-28(5,6)30(20(3)32)26-11-9-22(14-24(18)26)13-23-10-12-27-25(15-23)19(2)17-29(7,8)31(27)21(4)33/h9-12,14-17H,13H2,1-8H3. The monoisotopic (exact) mass is 442 g/mol. The first kappa shape index (κ1) is 23.0. The van der Waals surface area contributed by atoms with Crippen molar-refractivity contribution in [3.8, 4) is 0 Å². The van der Waals surface area contributed by atoms with E-state index >= 15 is 0 Å². The fraction of sp³-hybridized carbons (Fsp3) is 0.379. The van der Waals surface area contributed by atoms with Crippen molar-refractivity contribution >= 4 is 34.3 Å². The molecule has 0 aliphatic carbocycles. The summed E-state index contributed by atoms with van der Waals surface area (Å²) in [5.41, 5.74) is 8.26. The number of rotatable bonds is 2. The summed E-state index contributed by atoms with van der Waals surface area (Å²) in [7, 11) is 0. The predicted molar refractivity (Wildman–Crippen MR) is 137 cm³/mol. The normalized spacial score (nSPS) is 18.2. The number of nitrogens with zero attached hydrogens (tertiary/aromatic N) is 2. The summed E-state index contributed by atoms with van der Waals surface area (Å²) in [6.45, 7) is 15.8. The molecule has 0 atom stereocenters. The fourth-order valence-corrected chi connectivity index (χ4v) is 5.76. The Morgan fingerprint density at radius 2 is 1.06 bits per heavy atom. The van der Waals surface area contributed by atoms with Gasteiger partial charge in [-0.15, -0.1) is 0 Å². The van der Waals surface area contributed by atoms with E-state index in [1.165, 1.54) is 22.3 Å². The van der Waals surface area contributed by atoms with Gasteiger partial charge in [-0.05, 0) is 94.5 Å². The van der Waals surface area contributed by atoms with Gasteiger partial charge in [-0.3, -0.25) is 9.59 Å². The Morgan fingerprint density at radius 1 is 0.697 bits per heavy atom. The zero-order valence-corrected chi connectivity index (χ0v) is 21.0. The van der Waals surface area contributed by atoms with E-state index in [-0.39, 0.29) is 22.9 Å². The number of fused-ring (bicyclic) bond motifs is 2. The minimum atomic E-state index is -0.344. The number of carbonyl (C=O) groups is 2. The van der Waals surface area contributed by atoms with Crippen LogP contribution in [0.2, 0.25) is 0 Å². The Bertz CT molecular complexity index is 1130. The molecule has 4 nitrogen and oxygen atoms in total. The lowest BCUT2D eigenvalue weighted by Crippen LogP contribution is -2.47. The molecule has 2 amide bonds. The average molecular weight is 443 g/mol. The molecule has 2 aliphatic rings. The van der Waals surface area contributed by atoms with Crippen molar-refractivity contribution in [3.63, 3.8) is 0 Å². The summed E-state index contributed by atoms with van der Waals surface area (Å²) < 4.78 is 0. The third-order valence-electron chi connectivity index (χ3n) is 6.78. The van der Waals surface area contributed by atoms with Crippen LogP contribution in [0.15, 0.2) is 48.6 Å². The molecule has 4 rings (SSSR count). The van der Waals surface area contributed by atoms with Crippen LogP contribution in [0.1, 0.15) is 77.6 Å². The van der Waals surface area contributed by atoms with Gasteiger partial charge in [-0.2, -0.15) is 0 Å². The molecule has 0 saturated carbocycles. The molecule has 0 spiro atoms. The van der Waals surface area contributed by atoms with Gasteiger partial charge >= 0.3 is 0 Å². The van der Waals surface area contributed by atoms with E-state index in [0.29, 0.717) is 0 Å². The van der Waals surface area contributed by atoms with Crippen molar-refractivity contribution in [3.05, 3.63) is 70.8 Å². The van der Waals surface area contributed by atoms with E-state index in [9.17, 15) is 9.59 Å². The molecule has 33 heavy (non-hydrogen) atoms. The lowest BCUT2D eigenvalue weighted by molar-refractivity contribution is -0.118. The van der Waals surface area contributed by atoms with Crippen molar-refractivity contribution in [2.24, 2.45) is 0 Å². The second-order valence-electron chi connectivity index (χ2n) is 10.6. The van der Waals surface area contributed by atoms with Gasteiger partial charge in [0.2, 0.25) is 11.8 Å². The van der Waals surface area contributed by atoms with E-state index in [0.717, 1.165) is 28.9 Å². The first-order valence-corrected chi connectivity index (χ1v) is 11.6. The molecular weight excluding hydrogens is 408 g/mol. The second-order valence-corrected chi connectivity index (χ2v) is 10.6. The highest BCUT2D eigenvalue weighted by atomic mass is 16.2. The van der Waals surface area contributed by atoms with Gasteiger partial charge in [0.1, 0.15) is 0 Å². The fourth-order valence-electron chi connectivity index (χ4n) is 5.76. The molecular formula is C29H34N2O2. The summed E-state index contributed by atoms with van der Waals surface area (Å²) in [5, 5.41) is 0. The second kappa shape index (κ2) is 7.72. The van der Waals surface area contributed by atoms with Gasteiger partial charge in [0, 0.05) is 25.0 Å². The van der Waals surface area contributed by atoms with Gasteiger partial charge < -0.3 is 9.80 Å². The Morgan fingerprint density at radius 3 is 1.39 bits per heavy atom. The summed E-state index contributed by atoms with van der Waals surface area (Å²) in [6, 6.07) is 12.8.